The minimum Gasteiger partial charge on any atom is -0.486 e. The Balaban J connectivity index is 1.79. The van der Waals surface area contributed by atoms with E-state index in [0.717, 1.165) is 27.2 Å². The zero-order valence-corrected chi connectivity index (χ0v) is 11.9. The summed E-state index contributed by atoms with van der Waals surface area (Å²) >= 11 is 3.53. The van der Waals surface area contributed by atoms with E-state index in [1.807, 2.05) is 36.4 Å². The summed E-state index contributed by atoms with van der Waals surface area (Å²) in [5.74, 6) is 1.69. The van der Waals surface area contributed by atoms with Crippen molar-refractivity contribution < 1.29 is 9.47 Å². The van der Waals surface area contributed by atoms with Gasteiger partial charge in [0.2, 0.25) is 0 Å². The minimum absolute atomic E-state index is 0.610. The van der Waals surface area contributed by atoms with Crippen LogP contribution in [0.1, 0.15) is 5.56 Å². The molecule has 0 aliphatic carbocycles. The van der Waals surface area contributed by atoms with Crippen LogP contribution < -0.4 is 14.8 Å². The zero-order valence-electron chi connectivity index (χ0n) is 10.4. The predicted molar refractivity (Wildman–Crippen MR) is 78.9 cm³/mol. The molecule has 3 rings (SSSR count). The molecule has 1 aliphatic rings. The maximum atomic E-state index is 5.70. The molecule has 0 atom stereocenters. The van der Waals surface area contributed by atoms with Crippen LogP contribution in [0.15, 0.2) is 46.9 Å². The van der Waals surface area contributed by atoms with Gasteiger partial charge in [-0.3, -0.25) is 0 Å². The van der Waals surface area contributed by atoms with Gasteiger partial charge in [0, 0.05) is 22.3 Å². The first kappa shape index (κ1) is 12.4. The Morgan fingerprint density at radius 2 is 1.84 bits per heavy atom. The quantitative estimate of drug-likeness (QED) is 0.932. The number of hydrogen-bond acceptors (Lipinski definition) is 3. The second-order valence-electron chi connectivity index (χ2n) is 4.27. The highest BCUT2D eigenvalue weighted by Gasteiger charge is 2.15. The molecule has 0 radical (unpaired) electrons. The molecule has 1 N–H and O–H groups in total. The van der Waals surface area contributed by atoms with Gasteiger partial charge in [0.1, 0.15) is 13.2 Å². The lowest BCUT2D eigenvalue weighted by atomic mass is 10.1. The molecular weight excluding hydrogens is 306 g/mol. The summed E-state index contributed by atoms with van der Waals surface area (Å²) in [5.41, 5.74) is 2.17. The number of halogens is 1. The van der Waals surface area contributed by atoms with Crippen LogP contribution in [0.25, 0.3) is 0 Å². The first-order valence-electron chi connectivity index (χ1n) is 6.20. The highest BCUT2D eigenvalue weighted by atomic mass is 79.9. The van der Waals surface area contributed by atoms with Crippen LogP contribution in [0.3, 0.4) is 0 Å². The molecule has 2 aromatic carbocycles. The predicted octanol–water partition coefficient (Wildman–Crippen LogP) is 3.83. The van der Waals surface area contributed by atoms with Crippen molar-refractivity contribution in [1.82, 2.24) is 0 Å². The summed E-state index contributed by atoms with van der Waals surface area (Å²) in [6.45, 7) is 1.93. The maximum absolute atomic E-state index is 5.70. The summed E-state index contributed by atoms with van der Waals surface area (Å²) < 4.78 is 12.3. The lowest BCUT2D eigenvalue weighted by molar-refractivity contribution is 0.170. The van der Waals surface area contributed by atoms with Crippen LogP contribution in [-0.4, -0.2) is 13.2 Å². The molecule has 19 heavy (non-hydrogen) atoms. The third kappa shape index (κ3) is 2.68. The van der Waals surface area contributed by atoms with Gasteiger partial charge in [-0.1, -0.05) is 24.3 Å². The molecule has 0 fully saturated rings. The highest BCUT2D eigenvalue weighted by Crippen LogP contribution is 2.34. The Labute approximate surface area is 120 Å². The average molecular weight is 320 g/mol. The van der Waals surface area contributed by atoms with Gasteiger partial charge in [0.15, 0.2) is 11.5 Å². The van der Waals surface area contributed by atoms with Crippen LogP contribution in [0.2, 0.25) is 0 Å². The van der Waals surface area contributed by atoms with Crippen molar-refractivity contribution in [3.05, 3.63) is 52.5 Å². The molecule has 0 spiro atoms. The first-order valence-corrected chi connectivity index (χ1v) is 7.00. The van der Waals surface area contributed by atoms with Gasteiger partial charge in [-0.25, -0.2) is 0 Å². The summed E-state index contributed by atoms with van der Waals surface area (Å²) in [7, 11) is 0. The molecule has 4 heteroatoms. The topological polar surface area (TPSA) is 30.5 Å². The van der Waals surface area contributed by atoms with E-state index in [2.05, 4.69) is 27.3 Å². The van der Waals surface area contributed by atoms with Gasteiger partial charge in [0.05, 0.1) is 0 Å². The number of ether oxygens (including phenoxy) is 2. The number of hydrogen-bond donors (Lipinski definition) is 1. The number of benzene rings is 2. The van der Waals surface area contributed by atoms with E-state index in [4.69, 9.17) is 9.47 Å². The molecule has 3 nitrogen and oxygen atoms in total. The van der Waals surface area contributed by atoms with Crippen LogP contribution in [0.4, 0.5) is 5.69 Å². The molecule has 2 aromatic rings. The van der Waals surface area contributed by atoms with Gasteiger partial charge < -0.3 is 14.8 Å². The maximum Gasteiger partial charge on any atom is 0.166 e. The largest absolute Gasteiger partial charge is 0.486 e. The molecule has 0 saturated carbocycles. The van der Waals surface area contributed by atoms with E-state index < -0.39 is 0 Å². The third-order valence-electron chi connectivity index (χ3n) is 2.99. The first-order chi connectivity index (χ1) is 9.34. The van der Waals surface area contributed by atoms with Crippen LogP contribution in [-0.2, 0) is 6.54 Å². The van der Waals surface area contributed by atoms with E-state index >= 15 is 0 Å². The molecule has 0 amide bonds. The Hall–Kier alpha value is -1.68. The van der Waals surface area contributed by atoms with Gasteiger partial charge in [-0.15, -0.1) is 0 Å². The lowest BCUT2D eigenvalue weighted by Gasteiger charge is -2.21. The Morgan fingerprint density at radius 1 is 1.00 bits per heavy atom. The molecule has 0 aromatic heterocycles. The van der Waals surface area contributed by atoms with Crippen molar-refractivity contribution in [3.8, 4) is 11.5 Å². The fourth-order valence-electron chi connectivity index (χ4n) is 2.07. The van der Waals surface area contributed by atoms with Crippen molar-refractivity contribution in [2.75, 3.05) is 18.5 Å². The van der Waals surface area contributed by atoms with Crippen LogP contribution in [0.5, 0.6) is 11.5 Å². The number of fused-ring (bicyclic) bond motifs is 1. The fraction of sp³-hybridized carbons (Fsp3) is 0.200. The standard InChI is InChI=1S/C15H14BrNO2/c16-12-5-1-2-6-13(12)17-10-11-4-3-7-14-15(11)19-9-8-18-14/h1-7,17H,8-10H2. The van der Waals surface area contributed by atoms with Crippen molar-refractivity contribution in [1.29, 1.82) is 0 Å². The molecule has 1 aliphatic heterocycles. The molecule has 0 unspecified atom stereocenters. The van der Waals surface area contributed by atoms with Gasteiger partial charge in [-0.05, 0) is 34.1 Å². The number of rotatable bonds is 3. The summed E-state index contributed by atoms with van der Waals surface area (Å²) in [4.78, 5) is 0. The van der Waals surface area contributed by atoms with Crippen molar-refractivity contribution in [3.63, 3.8) is 0 Å². The summed E-state index contributed by atoms with van der Waals surface area (Å²) in [6.07, 6.45) is 0. The van der Waals surface area contributed by atoms with Crippen molar-refractivity contribution in [2.24, 2.45) is 0 Å². The monoisotopic (exact) mass is 319 g/mol. The van der Waals surface area contributed by atoms with E-state index in [1.54, 1.807) is 0 Å². The molecule has 98 valence electrons. The normalized spacial score (nSPS) is 13.1. The summed E-state index contributed by atoms with van der Waals surface area (Å²) in [6, 6.07) is 14.0. The van der Waals surface area contributed by atoms with E-state index in [9.17, 15) is 0 Å². The van der Waals surface area contributed by atoms with E-state index in [1.165, 1.54) is 0 Å². The van der Waals surface area contributed by atoms with Crippen molar-refractivity contribution >= 4 is 21.6 Å². The van der Waals surface area contributed by atoms with Gasteiger partial charge in [-0.2, -0.15) is 0 Å². The van der Waals surface area contributed by atoms with E-state index in [0.29, 0.717) is 19.8 Å². The fourth-order valence-corrected chi connectivity index (χ4v) is 2.49. The smallest absolute Gasteiger partial charge is 0.166 e. The van der Waals surface area contributed by atoms with Crippen LogP contribution >= 0.6 is 15.9 Å². The Morgan fingerprint density at radius 3 is 2.74 bits per heavy atom. The number of para-hydroxylation sites is 2. The second-order valence-corrected chi connectivity index (χ2v) is 5.13. The SMILES string of the molecule is Brc1ccccc1NCc1cccc2c1OCCO2. The Bertz CT molecular complexity index is 586. The molecule has 1 heterocycles. The van der Waals surface area contributed by atoms with Crippen LogP contribution in [0, 0.1) is 0 Å². The molecule has 0 bridgehead atoms. The van der Waals surface area contributed by atoms with Crippen molar-refractivity contribution in [2.45, 2.75) is 6.54 Å². The minimum atomic E-state index is 0.610. The summed E-state index contributed by atoms with van der Waals surface area (Å²) in [5, 5.41) is 3.40. The van der Waals surface area contributed by atoms with Gasteiger partial charge >= 0.3 is 0 Å². The number of anilines is 1. The third-order valence-corrected chi connectivity index (χ3v) is 3.68. The average Bonchev–Trinajstić information content (AvgIpc) is 2.46. The Kier molecular flexibility index (Phi) is 3.60. The highest BCUT2D eigenvalue weighted by molar-refractivity contribution is 9.10. The van der Waals surface area contributed by atoms with Gasteiger partial charge in [0.25, 0.3) is 0 Å². The molecule has 0 saturated heterocycles. The molecular formula is C15H14BrNO2. The number of nitrogens with one attached hydrogen (secondary N) is 1. The zero-order chi connectivity index (χ0) is 13.1. The lowest BCUT2D eigenvalue weighted by Crippen LogP contribution is -2.17. The van der Waals surface area contributed by atoms with E-state index in [-0.39, 0.29) is 0 Å². The second kappa shape index (κ2) is 5.53.